The monoisotopic (exact) mass is 319 g/mol. The number of anilines is 1. The molecule has 0 aliphatic carbocycles. The third-order valence-corrected chi connectivity index (χ3v) is 3.54. The normalized spacial score (nSPS) is 10.8. The summed E-state index contributed by atoms with van der Waals surface area (Å²) in [4.78, 5) is 4.36. The van der Waals surface area contributed by atoms with Crippen molar-refractivity contribution in [2.75, 3.05) is 5.73 Å². The van der Waals surface area contributed by atoms with Crippen molar-refractivity contribution in [3.63, 3.8) is 0 Å². The summed E-state index contributed by atoms with van der Waals surface area (Å²) >= 11 is 11.8. The number of nitrogen functional groups attached to an aromatic ring is 1. The average molecular weight is 320 g/mol. The van der Waals surface area contributed by atoms with Gasteiger partial charge in [-0.2, -0.15) is 4.98 Å². The van der Waals surface area contributed by atoms with Gasteiger partial charge in [-0.1, -0.05) is 40.5 Å². The molecule has 6 heteroatoms. The minimum Gasteiger partial charge on any atom is -0.398 e. The van der Waals surface area contributed by atoms with Gasteiger partial charge in [0.15, 0.2) is 5.82 Å². The van der Waals surface area contributed by atoms with E-state index in [0.717, 1.165) is 11.1 Å². The van der Waals surface area contributed by atoms with Crippen molar-refractivity contribution >= 4 is 28.9 Å². The van der Waals surface area contributed by atoms with Crippen molar-refractivity contribution in [2.45, 2.75) is 6.42 Å². The molecule has 1 aromatic heterocycles. The zero-order valence-electron chi connectivity index (χ0n) is 10.9. The number of hydrogen-bond donors (Lipinski definition) is 1. The second kappa shape index (κ2) is 5.76. The standard InChI is InChI=1S/C15H11Cl2N3O/c16-11-3-1-2-9(6-11)7-14-19-15(21-20-14)10-4-5-12(17)13(18)8-10/h1-6,8H,7,18H2. The minimum absolute atomic E-state index is 0.412. The molecular formula is C15H11Cl2N3O. The predicted molar refractivity (Wildman–Crippen MR) is 83.4 cm³/mol. The van der Waals surface area contributed by atoms with Crippen LogP contribution in [0.25, 0.3) is 11.5 Å². The Morgan fingerprint density at radius 3 is 2.71 bits per heavy atom. The Labute approximate surface area is 131 Å². The first-order chi connectivity index (χ1) is 10.1. The van der Waals surface area contributed by atoms with Crippen LogP contribution in [-0.2, 0) is 6.42 Å². The molecule has 2 aromatic carbocycles. The zero-order chi connectivity index (χ0) is 14.8. The van der Waals surface area contributed by atoms with Gasteiger partial charge in [-0.3, -0.25) is 0 Å². The summed E-state index contributed by atoms with van der Waals surface area (Å²) < 4.78 is 5.26. The van der Waals surface area contributed by atoms with Gasteiger partial charge < -0.3 is 10.3 Å². The fourth-order valence-electron chi connectivity index (χ4n) is 1.95. The molecule has 0 amide bonds. The molecule has 4 nitrogen and oxygen atoms in total. The lowest BCUT2D eigenvalue weighted by Crippen LogP contribution is -1.91. The highest BCUT2D eigenvalue weighted by Gasteiger charge is 2.10. The van der Waals surface area contributed by atoms with Crippen LogP contribution in [0.4, 0.5) is 5.69 Å². The maximum absolute atomic E-state index is 5.95. The Hall–Kier alpha value is -2.04. The Morgan fingerprint density at radius 2 is 1.95 bits per heavy atom. The van der Waals surface area contributed by atoms with E-state index in [1.54, 1.807) is 18.2 Å². The number of aromatic nitrogens is 2. The topological polar surface area (TPSA) is 64.9 Å². The predicted octanol–water partition coefficient (Wildman–Crippen LogP) is 4.22. The van der Waals surface area contributed by atoms with E-state index in [9.17, 15) is 0 Å². The van der Waals surface area contributed by atoms with Gasteiger partial charge >= 0.3 is 0 Å². The Morgan fingerprint density at radius 1 is 1.10 bits per heavy atom. The maximum Gasteiger partial charge on any atom is 0.258 e. The summed E-state index contributed by atoms with van der Waals surface area (Å²) in [5, 5.41) is 5.15. The summed E-state index contributed by atoms with van der Waals surface area (Å²) in [5.41, 5.74) is 8.00. The Balaban J connectivity index is 1.84. The highest BCUT2D eigenvalue weighted by molar-refractivity contribution is 6.33. The first-order valence-corrected chi connectivity index (χ1v) is 7.00. The van der Waals surface area contributed by atoms with Crippen LogP contribution >= 0.6 is 23.2 Å². The number of nitrogens with two attached hydrogens (primary N) is 1. The summed E-state index contributed by atoms with van der Waals surface area (Å²) in [6, 6.07) is 12.7. The van der Waals surface area contributed by atoms with Gasteiger partial charge in [-0.05, 0) is 35.9 Å². The fraction of sp³-hybridized carbons (Fsp3) is 0.0667. The first kappa shape index (κ1) is 13.9. The molecule has 0 bridgehead atoms. The Bertz CT molecular complexity index is 786. The summed E-state index contributed by atoms with van der Waals surface area (Å²) in [6.07, 6.45) is 0.549. The molecule has 1 heterocycles. The van der Waals surface area contributed by atoms with Gasteiger partial charge in [-0.25, -0.2) is 0 Å². The van der Waals surface area contributed by atoms with Crippen LogP contribution in [0, 0.1) is 0 Å². The second-order valence-electron chi connectivity index (χ2n) is 4.56. The van der Waals surface area contributed by atoms with E-state index in [2.05, 4.69) is 10.1 Å². The van der Waals surface area contributed by atoms with Crippen LogP contribution in [0.1, 0.15) is 11.4 Å². The molecule has 0 fully saturated rings. The quantitative estimate of drug-likeness (QED) is 0.734. The number of hydrogen-bond acceptors (Lipinski definition) is 4. The lowest BCUT2D eigenvalue weighted by molar-refractivity contribution is 0.424. The molecule has 2 N–H and O–H groups in total. The van der Waals surface area contributed by atoms with Crippen LogP contribution in [-0.4, -0.2) is 10.1 Å². The van der Waals surface area contributed by atoms with Crippen molar-refractivity contribution < 1.29 is 4.52 Å². The highest BCUT2D eigenvalue weighted by atomic mass is 35.5. The third-order valence-electron chi connectivity index (χ3n) is 2.96. The molecule has 0 atom stereocenters. The van der Waals surface area contributed by atoms with Crippen LogP contribution in [0.5, 0.6) is 0 Å². The largest absolute Gasteiger partial charge is 0.398 e. The van der Waals surface area contributed by atoms with Gasteiger partial charge in [0.2, 0.25) is 0 Å². The summed E-state index contributed by atoms with van der Waals surface area (Å²) in [5.74, 6) is 0.996. The summed E-state index contributed by atoms with van der Waals surface area (Å²) in [7, 11) is 0. The molecule has 21 heavy (non-hydrogen) atoms. The number of nitrogens with zero attached hydrogens (tertiary/aromatic N) is 2. The SMILES string of the molecule is Nc1cc(-c2nc(Cc3cccc(Cl)c3)no2)ccc1Cl. The molecule has 0 spiro atoms. The first-order valence-electron chi connectivity index (χ1n) is 6.24. The van der Waals surface area contributed by atoms with Crippen molar-refractivity contribution in [3.8, 4) is 11.5 Å². The average Bonchev–Trinajstić information content (AvgIpc) is 2.90. The lowest BCUT2D eigenvalue weighted by Gasteiger charge is -1.99. The molecule has 0 aliphatic rings. The molecule has 0 unspecified atom stereocenters. The van der Waals surface area contributed by atoms with Crippen LogP contribution in [0.15, 0.2) is 47.0 Å². The Kier molecular flexibility index (Phi) is 3.82. The van der Waals surface area contributed by atoms with Gasteiger partial charge in [0, 0.05) is 17.0 Å². The highest BCUT2D eigenvalue weighted by Crippen LogP contribution is 2.26. The van der Waals surface area contributed by atoms with Gasteiger partial charge in [-0.15, -0.1) is 0 Å². The van der Waals surface area contributed by atoms with Crippen molar-refractivity contribution in [2.24, 2.45) is 0 Å². The van der Waals surface area contributed by atoms with E-state index < -0.39 is 0 Å². The molecule has 0 radical (unpaired) electrons. The van der Waals surface area contributed by atoms with Crippen molar-refractivity contribution in [1.82, 2.24) is 10.1 Å². The molecule has 106 valence electrons. The number of rotatable bonds is 3. The molecule has 0 saturated carbocycles. The summed E-state index contributed by atoms with van der Waals surface area (Å²) in [6.45, 7) is 0. The second-order valence-corrected chi connectivity index (χ2v) is 5.40. The minimum atomic E-state index is 0.412. The number of halogens is 2. The molecular weight excluding hydrogens is 309 g/mol. The lowest BCUT2D eigenvalue weighted by atomic mass is 10.1. The van der Waals surface area contributed by atoms with Crippen molar-refractivity contribution in [1.29, 1.82) is 0 Å². The molecule has 0 aliphatic heterocycles. The van der Waals surface area contributed by atoms with Gasteiger partial charge in [0.25, 0.3) is 5.89 Å². The van der Waals surface area contributed by atoms with Crippen molar-refractivity contribution in [3.05, 3.63) is 63.9 Å². The number of benzene rings is 2. The molecule has 3 aromatic rings. The van der Waals surface area contributed by atoms with Crippen LogP contribution < -0.4 is 5.73 Å². The van der Waals surface area contributed by atoms with Crippen LogP contribution in [0.3, 0.4) is 0 Å². The third kappa shape index (κ3) is 3.17. The van der Waals surface area contributed by atoms with Crippen LogP contribution in [0.2, 0.25) is 10.0 Å². The molecule has 0 saturated heterocycles. The zero-order valence-corrected chi connectivity index (χ0v) is 12.4. The van der Waals surface area contributed by atoms with E-state index in [1.807, 2.05) is 24.3 Å². The van der Waals surface area contributed by atoms with Gasteiger partial charge in [0.05, 0.1) is 10.7 Å². The van der Waals surface area contributed by atoms with E-state index in [0.29, 0.717) is 33.9 Å². The van der Waals surface area contributed by atoms with Gasteiger partial charge in [0.1, 0.15) is 0 Å². The van der Waals surface area contributed by atoms with E-state index >= 15 is 0 Å². The van der Waals surface area contributed by atoms with E-state index in [4.69, 9.17) is 33.5 Å². The molecule has 3 rings (SSSR count). The fourth-order valence-corrected chi connectivity index (χ4v) is 2.28. The van der Waals surface area contributed by atoms with E-state index in [-0.39, 0.29) is 0 Å². The van der Waals surface area contributed by atoms with E-state index in [1.165, 1.54) is 0 Å². The maximum atomic E-state index is 5.95. The smallest absolute Gasteiger partial charge is 0.258 e.